The Balaban J connectivity index is 2.73. The van der Waals surface area contributed by atoms with E-state index in [1.807, 2.05) is 0 Å². The van der Waals surface area contributed by atoms with Crippen LogP contribution in [0.25, 0.3) is 0 Å². The van der Waals surface area contributed by atoms with Gasteiger partial charge in [-0.3, -0.25) is 0 Å². The zero-order valence-corrected chi connectivity index (χ0v) is 7.67. The summed E-state index contributed by atoms with van der Waals surface area (Å²) in [6.07, 6.45) is 1.47. The van der Waals surface area contributed by atoms with Crippen molar-refractivity contribution >= 4 is 32.2 Å². The predicted molar refractivity (Wildman–Crippen MR) is 46.3 cm³/mol. The standard InChI is InChI=1S/C4H5BrClN5/c5-3-4(6)9-2(1-8-3)10-11-7/h1,4,9H,(H2,7,10). The van der Waals surface area contributed by atoms with Gasteiger partial charge in [0.2, 0.25) is 0 Å². The van der Waals surface area contributed by atoms with Crippen molar-refractivity contribution in [2.24, 2.45) is 21.2 Å². The zero-order chi connectivity index (χ0) is 8.27. The van der Waals surface area contributed by atoms with E-state index >= 15 is 0 Å². The lowest BCUT2D eigenvalue weighted by molar-refractivity contribution is 0.805. The van der Waals surface area contributed by atoms with E-state index < -0.39 is 5.50 Å². The molecule has 1 atom stereocenters. The topological polar surface area (TPSA) is 75.1 Å². The smallest absolute Gasteiger partial charge is 0.170 e. The monoisotopic (exact) mass is 237 g/mol. The van der Waals surface area contributed by atoms with Gasteiger partial charge in [-0.2, -0.15) is 0 Å². The fourth-order valence-corrected chi connectivity index (χ4v) is 0.917. The number of alkyl halides is 1. The number of nitrogens with one attached hydrogen (secondary N) is 1. The Morgan fingerprint density at radius 2 is 2.55 bits per heavy atom. The van der Waals surface area contributed by atoms with E-state index in [2.05, 4.69) is 36.6 Å². The van der Waals surface area contributed by atoms with E-state index in [1.165, 1.54) is 6.20 Å². The van der Waals surface area contributed by atoms with Crippen molar-refractivity contribution in [1.82, 2.24) is 5.32 Å². The van der Waals surface area contributed by atoms with E-state index in [0.29, 0.717) is 10.4 Å². The fraction of sp³-hybridized carbons (Fsp3) is 0.250. The number of rotatable bonds is 1. The average molecular weight is 238 g/mol. The molecule has 0 spiro atoms. The van der Waals surface area contributed by atoms with Gasteiger partial charge < -0.3 is 11.2 Å². The Morgan fingerprint density at radius 3 is 3.09 bits per heavy atom. The van der Waals surface area contributed by atoms with Crippen LogP contribution in [0.15, 0.2) is 27.4 Å². The molecule has 1 aliphatic rings. The third kappa shape index (κ3) is 2.16. The molecule has 0 radical (unpaired) electrons. The summed E-state index contributed by atoms with van der Waals surface area (Å²) in [6, 6.07) is 0. The predicted octanol–water partition coefficient (Wildman–Crippen LogP) is 1.07. The summed E-state index contributed by atoms with van der Waals surface area (Å²) in [5.74, 6) is 5.25. The fourth-order valence-electron chi connectivity index (χ4n) is 0.532. The molecule has 1 heterocycles. The lowest BCUT2D eigenvalue weighted by Gasteiger charge is -2.13. The van der Waals surface area contributed by atoms with Gasteiger partial charge in [-0.25, -0.2) is 4.99 Å². The van der Waals surface area contributed by atoms with Crippen molar-refractivity contribution in [2.75, 3.05) is 0 Å². The Bertz CT molecular complexity index is 235. The molecule has 7 heteroatoms. The summed E-state index contributed by atoms with van der Waals surface area (Å²) in [5.41, 5.74) is -0.402. The van der Waals surface area contributed by atoms with E-state index in [-0.39, 0.29) is 0 Å². The summed E-state index contributed by atoms with van der Waals surface area (Å²) in [4.78, 5) is 3.88. The van der Waals surface area contributed by atoms with Crippen molar-refractivity contribution in [2.45, 2.75) is 5.50 Å². The molecule has 0 aromatic heterocycles. The van der Waals surface area contributed by atoms with Gasteiger partial charge in [0.15, 0.2) is 11.3 Å². The lowest BCUT2D eigenvalue weighted by Crippen LogP contribution is -2.29. The van der Waals surface area contributed by atoms with Crippen molar-refractivity contribution in [1.29, 1.82) is 0 Å². The summed E-state index contributed by atoms with van der Waals surface area (Å²) < 4.78 is 0.607. The van der Waals surface area contributed by atoms with E-state index in [9.17, 15) is 0 Å². The number of nitrogens with two attached hydrogens (primary N) is 1. The maximum atomic E-state index is 5.73. The Kier molecular flexibility index (Phi) is 2.84. The van der Waals surface area contributed by atoms with Gasteiger partial charge in [0.25, 0.3) is 0 Å². The van der Waals surface area contributed by atoms with Crippen LogP contribution in [-0.2, 0) is 0 Å². The molecule has 0 aromatic carbocycles. The Morgan fingerprint density at radius 1 is 1.82 bits per heavy atom. The summed E-state index contributed by atoms with van der Waals surface area (Å²) in [6.45, 7) is 0. The quantitative estimate of drug-likeness (QED) is 0.236. The second-order valence-corrected chi connectivity index (χ2v) is 2.94. The van der Waals surface area contributed by atoms with Crippen molar-refractivity contribution in [3.8, 4) is 0 Å². The minimum absolute atomic E-state index is 0.402. The van der Waals surface area contributed by atoms with Crippen LogP contribution in [0.3, 0.4) is 0 Å². The van der Waals surface area contributed by atoms with Gasteiger partial charge in [0.1, 0.15) is 4.62 Å². The third-order valence-electron chi connectivity index (χ3n) is 0.959. The molecule has 60 valence electrons. The van der Waals surface area contributed by atoms with E-state index in [1.54, 1.807) is 0 Å². The minimum Gasteiger partial charge on any atom is -0.346 e. The first-order valence-corrected chi connectivity index (χ1v) is 3.92. The van der Waals surface area contributed by atoms with E-state index in [0.717, 1.165) is 0 Å². The molecule has 0 fully saturated rings. The number of aliphatic imine (C=N–C) groups is 1. The number of halogens is 2. The minimum atomic E-state index is -0.402. The Labute approximate surface area is 76.5 Å². The first-order chi connectivity index (χ1) is 5.24. The van der Waals surface area contributed by atoms with Crippen LogP contribution in [0, 0.1) is 0 Å². The highest BCUT2D eigenvalue weighted by Gasteiger charge is 2.14. The van der Waals surface area contributed by atoms with Gasteiger partial charge in [0, 0.05) is 0 Å². The molecule has 11 heavy (non-hydrogen) atoms. The Hall–Kier alpha value is -0.620. The van der Waals surface area contributed by atoms with Gasteiger partial charge >= 0.3 is 0 Å². The van der Waals surface area contributed by atoms with Crippen LogP contribution >= 0.6 is 27.5 Å². The summed E-state index contributed by atoms with van der Waals surface area (Å²) in [5, 5.41) is 9.35. The van der Waals surface area contributed by atoms with Crippen LogP contribution in [-0.4, -0.2) is 10.1 Å². The molecule has 3 N–H and O–H groups in total. The van der Waals surface area contributed by atoms with E-state index in [4.69, 9.17) is 17.4 Å². The lowest BCUT2D eigenvalue weighted by atomic mass is 10.5. The first-order valence-electron chi connectivity index (χ1n) is 2.69. The number of nitrogens with zero attached hydrogens (tertiary/aromatic N) is 3. The molecule has 0 aromatic rings. The molecular weight excluding hydrogens is 233 g/mol. The number of hydrogen-bond acceptors (Lipinski definition) is 4. The summed E-state index contributed by atoms with van der Waals surface area (Å²) >= 11 is 8.87. The molecule has 0 bridgehead atoms. The molecular formula is C4H5BrClN5. The highest BCUT2D eigenvalue weighted by Crippen LogP contribution is 2.11. The highest BCUT2D eigenvalue weighted by atomic mass is 79.9. The number of hydrogen-bond donors (Lipinski definition) is 2. The van der Waals surface area contributed by atoms with Crippen molar-refractivity contribution < 1.29 is 0 Å². The van der Waals surface area contributed by atoms with Crippen LogP contribution in [0.5, 0.6) is 0 Å². The molecule has 1 rings (SSSR count). The van der Waals surface area contributed by atoms with Crippen LogP contribution < -0.4 is 11.2 Å². The molecule has 0 saturated carbocycles. The van der Waals surface area contributed by atoms with Gasteiger partial charge in [-0.05, 0) is 15.9 Å². The van der Waals surface area contributed by atoms with Gasteiger partial charge in [0.05, 0.1) is 6.20 Å². The third-order valence-corrected chi connectivity index (χ3v) is 2.20. The SMILES string of the molecule is NN=NC1=CN=C(Br)C(Cl)N1. The first kappa shape index (κ1) is 8.48. The van der Waals surface area contributed by atoms with Crippen molar-refractivity contribution in [3.63, 3.8) is 0 Å². The van der Waals surface area contributed by atoms with Crippen LogP contribution in [0.4, 0.5) is 0 Å². The zero-order valence-electron chi connectivity index (χ0n) is 5.33. The summed E-state index contributed by atoms with van der Waals surface area (Å²) in [7, 11) is 0. The van der Waals surface area contributed by atoms with Gasteiger partial charge in [-0.15, -0.1) is 5.11 Å². The molecule has 1 aliphatic heterocycles. The molecule has 0 aliphatic carbocycles. The molecule has 1 unspecified atom stereocenters. The average Bonchev–Trinajstić information content (AvgIpc) is 1.98. The highest BCUT2D eigenvalue weighted by molar-refractivity contribution is 9.18. The van der Waals surface area contributed by atoms with Crippen LogP contribution in [0.1, 0.15) is 0 Å². The second-order valence-electron chi connectivity index (χ2n) is 1.69. The molecule has 0 amide bonds. The maximum absolute atomic E-state index is 5.73. The van der Waals surface area contributed by atoms with Crippen LogP contribution in [0.2, 0.25) is 0 Å². The molecule has 5 nitrogen and oxygen atoms in total. The van der Waals surface area contributed by atoms with Gasteiger partial charge in [-0.1, -0.05) is 16.8 Å². The maximum Gasteiger partial charge on any atom is 0.170 e. The molecule has 0 saturated heterocycles. The largest absolute Gasteiger partial charge is 0.346 e. The van der Waals surface area contributed by atoms with Crippen molar-refractivity contribution in [3.05, 3.63) is 12.0 Å². The second kappa shape index (κ2) is 3.68. The normalized spacial score (nSPS) is 24.4.